The Kier molecular flexibility index (Phi) is 1.12. The van der Waals surface area contributed by atoms with Crippen molar-refractivity contribution in [1.82, 2.24) is 9.55 Å². The molecule has 0 spiro atoms. The first kappa shape index (κ1) is 6.22. The van der Waals surface area contributed by atoms with E-state index < -0.39 is 0 Å². The molecule has 0 fully saturated rings. The normalized spacial score (nSPS) is 10.6. The van der Waals surface area contributed by atoms with Crippen LogP contribution < -0.4 is 0 Å². The number of aryl methyl sites for hydroxylation is 1. The quantitative estimate of drug-likeness (QED) is 0.611. The monoisotopic (exact) mass is 148 g/mol. The molecule has 11 heavy (non-hydrogen) atoms. The second-order valence-corrected chi connectivity index (χ2v) is 2.47. The topological polar surface area (TPSA) is 38.0 Å². The summed E-state index contributed by atoms with van der Waals surface area (Å²) in [5, 5.41) is 9.27. The van der Waals surface area contributed by atoms with Crippen LogP contribution in [-0.2, 0) is 7.05 Å². The van der Waals surface area contributed by atoms with Crippen molar-refractivity contribution in [3.05, 3.63) is 24.4 Å². The van der Waals surface area contributed by atoms with Gasteiger partial charge in [-0.2, -0.15) is 0 Å². The van der Waals surface area contributed by atoms with Crippen LogP contribution in [0.2, 0.25) is 0 Å². The summed E-state index contributed by atoms with van der Waals surface area (Å²) in [4.78, 5) is 4.08. The number of nitrogens with zero attached hydrogens (tertiary/aromatic N) is 2. The summed E-state index contributed by atoms with van der Waals surface area (Å²) in [5.41, 5.74) is 1.78. The van der Waals surface area contributed by atoms with E-state index in [9.17, 15) is 5.11 Å². The molecule has 0 aliphatic heterocycles. The molecular formula is C8H8N2O. The third-order valence-corrected chi connectivity index (χ3v) is 1.79. The van der Waals surface area contributed by atoms with Crippen molar-refractivity contribution in [3.63, 3.8) is 0 Å². The summed E-state index contributed by atoms with van der Waals surface area (Å²) in [6.07, 6.45) is 1.71. The van der Waals surface area contributed by atoms with Crippen LogP contribution in [0, 0.1) is 0 Å². The van der Waals surface area contributed by atoms with Gasteiger partial charge in [-0.3, -0.25) is 4.98 Å². The van der Waals surface area contributed by atoms with Gasteiger partial charge in [0.15, 0.2) is 5.88 Å². The standard InChI is InChI=1S/C8H8N2O/c1-10-7-3-2-4-9-6(7)5-8(10)11/h2-5,11H,1H3. The van der Waals surface area contributed by atoms with Gasteiger partial charge in [0.1, 0.15) is 0 Å². The molecule has 0 aliphatic carbocycles. The van der Waals surface area contributed by atoms with Gasteiger partial charge in [0.2, 0.25) is 0 Å². The molecule has 2 heterocycles. The van der Waals surface area contributed by atoms with Crippen molar-refractivity contribution in [1.29, 1.82) is 0 Å². The summed E-state index contributed by atoms with van der Waals surface area (Å²) < 4.78 is 1.70. The van der Waals surface area contributed by atoms with Gasteiger partial charge < -0.3 is 9.67 Å². The highest BCUT2D eigenvalue weighted by Crippen LogP contribution is 2.19. The number of pyridine rings is 1. The van der Waals surface area contributed by atoms with E-state index in [1.54, 1.807) is 23.9 Å². The zero-order valence-corrected chi connectivity index (χ0v) is 6.15. The minimum absolute atomic E-state index is 0.249. The van der Waals surface area contributed by atoms with Gasteiger partial charge in [0.05, 0.1) is 11.0 Å². The van der Waals surface area contributed by atoms with Crippen molar-refractivity contribution >= 4 is 11.0 Å². The number of rotatable bonds is 0. The summed E-state index contributed by atoms with van der Waals surface area (Å²) in [6, 6.07) is 5.42. The Hall–Kier alpha value is -1.51. The van der Waals surface area contributed by atoms with Gasteiger partial charge in [0, 0.05) is 19.3 Å². The fourth-order valence-corrected chi connectivity index (χ4v) is 1.15. The fourth-order valence-electron chi connectivity index (χ4n) is 1.15. The molecule has 0 saturated heterocycles. The summed E-state index contributed by atoms with van der Waals surface area (Å²) in [7, 11) is 1.80. The first-order valence-electron chi connectivity index (χ1n) is 3.38. The van der Waals surface area contributed by atoms with Crippen LogP contribution in [0.3, 0.4) is 0 Å². The lowest BCUT2D eigenvalue weighted by atomic mass is 10.4. The van der Waals surface area contributed by atoms with E-state index in [-0.39, 0.29) is 5.88 Å². The number of fused-ring (bicyclic) bond motifs is 1. The maximum atomic E-state index is 9.27. The van der Waals surface area contributed by atoms with Crippen molar-refractivity contribution in [3.8, 4) is 5.88 Å². The predicted molar refractivity (Wildman–Crippen MR) is 42.4 cm³/mol. The van der Waals surface area contributed by atoms with E-state index in [0.717, 1.165) is 11.0 Å². The molecule has 56 valence electrons. The number of aromatic hydroxyl groups is 1. The SMILES string of the molecule is Cn1c(O)cc2ncccc21. The molecule has 1 N–H and O–H groups in total. The summed E-state index contributed by atoms with van der Waals surface area (Å²) in [6.45, 7) is 0. The molecule has 3 heteroatoms. The summed E-state index contributed by atoms with van der Waals surface area (Å²) >= 11 is 0. The molecule has 0 amide bonds. The second kappa shape index (κ2) is 1.99. The van der Waals surface area contributed by atoms with Gasteiger partial charge in [-0.05, 0) is 12.1 Å². The molecule has 2 aromatic heterocycles. The van der Waals surface area contributed by atoms with Crippen molar-refractivity contribution in [2.24, 2.45) is 7.05 Å². The Balaban J connectivity index is 2.92. The molecule has 0 saturated carbocycles. The molecule has 3 nitrogen and oxygen atoms in total. The fraction of sp³-hybridized carbons (Fsp3) is 0.125. The largest absolute Gasteiger partial charge is 0.494 e. The number of hydrogen-bond acceptors (Lipinski definition) is 2. The van der Waals surface area contributed by atoms with Gasteiger partial charge in [-0.25, -0.2) is 0 Å². The average molecular weight is 148 g/mol. The minimum atomic E-state index is 0.249. The van der Waals surface area contributed by atoms with Gasteiger partial charge >= 0.3 is 0 Å². The third-order valence-electron chi connectivity index (χ3n) is 1.79. The maximum Gasteiger partial charge on any atom is 0.193 e. The molecule has 0 aliphatic rings. The van der Waals surface area contributed by atoms with E-state index in [4.69, 9.17) is 0 Å². The van der Waals surface area contributed by atoms with E-state index in [0.29, 0.717) is 0 Å². The van der Waals surface area contributed by atoms with E-state index >= 15 is 0 Å². The first-order chi connectivity index (χ1) is 5.29. The van der Waals surface area contributed by atoms with E-state index in [1.165, 1.54) is 0 Å². The molecule has 0 aromatic carbocycles. The zero-order valence-electron chi connectivity index (χ0n) is 6.15. The molecule has 0 unspecified atom stereocenters. The Labute approximate surface area is 63.9 Å². The van der Waals surface area contributed by atoms with Crippen molar-refractivity contribution in [2.45, 2.75) is 0 Å². The van der Waals surface area contributed by atoms with Crippen LogP contribution in [0.4, 0.5) is 0 Å². The Morgan fingerprint density at radius 3 is 3.09 bits per heavy atom. The maximum absolute atomic E-state index is 9.27. The summed E-state index contributed by atoms with van der Waals surface area (Å²) in [5.74, 6) is 0.249. The molecule has 0 bridgehead atoms. The van der Waals surface area contributed by atoms with Gasteiger partial charge in [0.25, 0.3) is 0 Å². The second-order valence-electron chi connectivity index (χ2n) is 2.47. The van der Waals surface area contributed by atoms with Gasteiger partial charge in [-0.1, -0.05) is 0 Å². The van der Waals surface area contributed by atoms with Crippen molar-refractivity contribution in [2.75, 3.05) is 0 Å². The molecule has 0 atom stereocenters. The predicted octanol–water partition coefficient (Wildman–Crippen LogP) is 1.28. The lowest BCUT2D eigenvalue weighted by Gasteiger charge is -1.94. The molecule has 2 rings (SSSR count). The van der Waals surface area contributed by atoms with Crippen LogP contribution in [0.25, 0.3) is 11.0 Å². The Morgan fingerprint density at radius 2 is 2.36 bits per heavy atom. The average Bonchev–Trinajstić information content (AvgIpc) is 2.30. The van der Waals surface area contributed by atoms with Crippen LogP contribution in [0.1, 0.15) is 0 Å². The van der Waals surface area contributed by atoms with Crippen LogP contribution in [0.15, 0.2) is 24.4 Å². The van der Waals surface area contributed by atoms with Crippen LogP contribution in [-0.4, -0.2) is 14.7 Å². The zero-order chi connectivity index (χ0) is 7.84. The molecule has 2 aromatic rings. The highest BCUT2D eigenvalue weighted by Gasteiger charge is 2.02. The number of aromatic nitrogens is 2. The Bertz CT molecular complexity index is 392. The van der Waals surface area contributed by atoms with Gasteiger partial charge in [-0.15, -0.1) is 0 Å². The lowest BCUT2D eigenvalue weighted by Crippen LogP contribution is -1.84. The highest BCUT2D eigenvalue weighted by atomic mass is 16.3. The highest BCUT2D eigenvalue weighted by molar-refractivity contribution is 5.77. The van der Waals surface area contributed by atoms with E-state index in [2.05, 4.69) is 4.98 Å². The molecule has 0 radical (unpaired) electrons. The van der Waals surface area contributed by atoms with Crippen LogP contribution in [0.5, 0.6) is 5.88 Å². The lowest BCUT2D eigenvalue weighted by molar-refractivity contribution is 0.435. The molecular weight excluding hydrogens is 140 g/mol. The Morgan fingerprint density at radius 1 is 1.55 bits per heavy atom. The number of hydrogen-bond donors (Lipinski definition) is 1. The third kappa shape index (κ3) is 0.774. The minimum Gasteiger partial charge on any atom is -0.494 e. The smallest absolute Gasteiger partial charge is 0.193 e. The van der Waals surface area contributed by atoms with Crippen molar-refractivity contribution < 1.29 is 5.11 Å². The first-order valence-corrected chi connectivity index (χ1v) is 3.38. The van der Waals surface area contributed by atoms with Crippen LogP contribution >= 0.6 is 0 Å². The van der Waals surface area contributed by atoms with E-state index in [1.807, 2.05) is 12.1 Å².